The fraction of sp³-hybridized carbons (Fsp3) is 0.667. The highest BCUT2D eigenvalue weighted by atomic mass is 16.5. The average molecular weight is 288 g/mol. The van der Waals surface area contributed by atoms with Gasteiger partial charge in [-0.1, -0.05) is 25.0 Å². The zero-order valence-electron chi connectivity index (χ0n) is 13.0. The van der Waals surface area contributed by atoms with Crippen LogP contribution in [0, 0.1) is 0 Å². The Kier molecular flexibility index (Phi) is 5.15. The SMILES string of the molecule is NCCCN(CCc1ccc2c(c1)CCO2)C1CCCC1. The molecule has 0 amide bonds. The van der Waals surface area contributed by atoms with Crippen LogP contribution in [0.3, 0.4) is 0 Å². The molecule has 1 aliphatic carbocycles. The monoisotopic (exact) mass is 288 g/mol. The molecule has 3 nitrogen and oxygen atoms in total. The van der Waals surface area contributed by atoms with Crippen LogP contribution in [0.25, 0.3) is 0 Å². The first-order valence-electron chi connectivity index (χ1n) is 8.55. The Morgan fingerprint density at radius 2 is 2.05 bits per heavy atom. The van der Waals surface area contributed by atoms with Crippen LogP contribution in [0.5, 0.6) is 5.75 Å². The Morgan fingerprint density at radius 3 is 2.86 bits per heavy atom. The number of nitrogens with two attached hydrogens (primary N) is 1. The van der Waals surface area contributed by atoms with E-state index >= 15 is 0 Å². The Labute approximate surface area is 128 Å². The number of fused-ring (bicyclic) bond motifs is 1. The molecule has 3 heteroatoms. The molecule has 0 spiro atoms. The highest BCUT2D eigenvalue weighted by Crippen LogP contribution is 2.27. The van der Waals surface area contributed by atoms with Crippen LogP contribution >= 0.6 is 0 Å². The number of rotatable bonds is 7. The summed E-state index contributed by atoms with van der Waals surface area (Å²) in [6.45, 7) is 3.99. The van der Waals surface area contributed by atoms with Gasteiger partial charge in [-0.3, -0.25) is 0 Å². The lowest BCUT2D eigenvalue weighted by molar-refractivity contribution is 0.199. The fourth-order valence-corrected chi connectivity index (χ4v) is 3.71. The fourth-order valence-electron chi connectivity index (χ4n) is 3.71. The van der Waals surface area contributed by atoms with Gasteiger partial charge in [-0.2, -0.15) is 0 Å². The maximum absolute atomic E-state index is 5.70. The Bertz CT molecular complexity index is 455. The molecule has 1 aromatic carbocycles. The van der Waals surface area contributed by atoms with Crippen molar-refractivity contribution in [2.45, 2.75) is 51.0 Å². The maximum Gasteiger partial charge on any atom is 0.122 e. The summed E-state index contributed by atoms with van der Waals surface area (Å²) in [5.41, 5.74) is 8.55. The lowest BCUT2D eigenvalue weighted by Gasteiger charge is -2.28. The zero-order valence-corrected chi connectivity index (χ0v) is 13.0. The molecule has 0 saturated heterocycles. The maximum atomic E-state index is 5.70. The third-order valence-electron chi connectivity index (χ3n) is 4.93. The van der Waals surface area contributed by atoms with Crippen molar-refractivity contribution in [1.29, 1.82) is 0 Å². The summed E-state index contributed by atoms with van der Waals surface area (Å²) in [5, 5.41) is 0. The summed E-state index contributed by atoms with van der Waals surface area (Å²) in [6, 6.07) is 7.53. The molecule has 1 fully saturated rings. The van der Waals surface area contributed by atoms with Gasteiger partial charge in [0.25, 0.3) is 0 Å². The van der Waals surface area contributed by atoms with Crippen molar-refractivity contribution in [2.24, 2.45) is 5.73 Å². The Morgan fingerprint density at radius 1 is 1.19 bits per heavy atom. The zero-order chi connectivity index (χ0) is 14.5. The molecular weight excluding hydrogens is 260 g/mol. The van der Waals surface area contributed by atoms with Crippen molar-refractivity contribution in [3.8, 4) is 5.75 Å². The normalized spacial score (nSPS) is 18.2. The molecule has 21 heavy (non-hydrogen) atoms. The second-order valence-corrected chi connectivity index (χ2v) is 6.41. The van der Waals surface area contributed by atoms with E-state index in [0.29, 0.717) is 0 Å². The van der Waals surface area contributed by atoms with E-state index in [4.69, 9.17) is 10.5 Å². The van der Waals surface area contributed by atoms with E-state index in [0.717, 1.165) is 50.8 Å². The highest BCUT2D eigenvalue weighted by molar-refractivity contribution is 5.39. The minimum atomic E-state index is 0.800. The molecule has 1 saturated carbocycles. The molecule has 0 radical (unpaired) electrons. The van der Waals surface area contributed by atoms with Gasteiger partial charge in [-0.15, -0.1) is 0 Å². The molecule has 1 aromatic rings. The molecule has 1 aliphatic heterocycles. The van der Waals surface area contributed by atoms with E-state index in [1.807, 2.05) is 0 Å². The van der Waals surface area contributed by atoms with Crippen molar-refractivity contribution in [3.63, 3.8) is 0 Å². The Balaban J connectivity index is 1.57. The van der Waals surface area contributed by atoms with Crippen molar-refractivity contribution in [3.05, 3.63) is 29.3 Å². The quantitative estimate of drug-likeness (QED) is 0.838. The topological polar surface area (TPSA) is 38.5 Å². The molecule has 1 heterocycles. The number of ether oxygens (including phenoxy) is 1. The first-order chi connectivity index (χ1) is 10.4. The van der Waals surface area contributed by atoms with Gasteiger partial charge in [0.1, 0.15) is 5.75 Å². The second-order valence-electron chi connectivity index (χ2n) is 6.41. The van der Waals surface area contributed by atoms with Crippen molar-refractivity contribution >= 4 is 0 Å². The summed E-state index contributed by atoms with van der Waals surface area (Å²) in [7, 11) is 0. The van der Waals surface area contributed by atoms with Crippen LogP contribution in [0.15, 0.2) is 18.2 Å². The van der Waals surface area contributed by atoms with Gasteiger partial charge in [-0.05, 0) is 56.0 Å². The van der Waals surface area contributed by atoms with Crippen LogP contribution < -0.4 is 10.5 Å². The predicted octanol–water partition coefficient (Wildman–Crippen LogP) is 2.76. The number of hydrogen-bond donors (Lipinski definition) is 1. The van der Waals surface area contributed by atoms with Gasteiger partial charge in [-0.25, -0.2) is 0 Å². The third kappa shape index (κ3) is 3.78. The van der Waals surface area contributed by atoms with E-state index in [1.165, 1.54) is 43.4 Å². The molecular formula is C18H28N2O. The standard InChI is InChI=1S/C18H28N2O/c19-10-3-11-20(17-4-1-2-5-17)12-8-15-6-7-18-16(14-15)9-13-21-18/h6-7,14,17H,1-5,8-13,19H2. The Hall–Kier alpha value is -1.06. The van der Waals surface area contributed by atoms with E-state index in [2.05, 4.69) is 23.1 Å². The first-order valence-corrected chi connectivity index (χ1v) is 8.55. The van der Waals surface area contributed by atoms with Gasteiger partial charge in [0.05, 0.1) is 6.61 Å². The van der Waals surface area contributed by atoms with Gasteiger partial charge in [0.15, 0.2) is 0 Å². The first kappa shape index (κ1) is 14.9. The lowest BCUT2D eigenvalue weighted by Crippen LogP contribution is -2.36. The molecule has 0 unspecified atom stereocenters. The summed E-state index contributed by atoms with van der Waals surface area (Å²) in [6.07, 6.45) is 8.90. The van der Waals surface area contributed by atoms with Gasteiger partial charge >= 0.3 is 0 Å². The summed E-state index contributed by atoms with van der Waals surface area (Å²) < 4.78 is 5.59. The van der Waals surface area contributed by atoms with E-state index < -0.39 is 0 Å². The molecule has 116 valence electrons. The van der Waals surface area contributed by atoms with Crippen molar-refractivity contribution in [1.82, 2.24) is 4.90 Å². The van der Waals surface area contributed by atoms with Crippen LogP contribution in [-0.2, 0) is 12.8 Å². The molecule has 0 bridgehead atoms. The molecule has 2 aliphatic rings. The number of hydrogen-bond acceptors (Lipinski definition) is 3. The van der Waals surface area contributed by atoms with E-state index in [-0.39, 0.29) is 0 Å². The van der Waals surface area contributed by atoms with Crippen molar-refractivity contribution in [2.75, 3.05) is 26.2 Å². The van der Waals surface area contributed by atoms with Crippen LogP contribution in [0.4, 0.5) is 0 Å². The van der Waals surface area contributed by atoms with Crippen LogP contribution in [0.2, 0.25) is 0 Å². The van der Waals surface area contributed by atoms with E-state index in [9.17, 15) is 0 Å². The molecule has 2 N–H and O–H groups in total. The molecule has 3 rings (SSSR count). The summed E-state index contributed by atoms with van der Waals surface area (Å²) >= 11 is 0. The smallest absolute Gasteiger partial charge is 0.122 e. The minimum absolute atomic E-state index is 0.800. The summed E-state index contributed by atoms with van der Waals surface area (Å²) in [4.78, 5) is 2.68. The minimum Gasteiger partial charge on any atom is -0.493 e. The molecule has 0 atom stereocenters. The van der Waals surface area contributed by atoms with E-state index in [1.54, 1.807) is 0 Å². The van der Waals surface area contributed by atoms with Gasteiger partial charge in [0, 0.05) is 19.0 Å². The van der Waals surface area contributed by atoms with Gasteiger partial charge in [0.2, 0.25) is 0 Å². The lowest BCUT2D eigenvalue weighted by atomic mass is 10.1. The second kappa shape index (κ2) is 7.28. The molecule has 0 aromatic heterocycles. The van der Waals surface area contributed by atoms with Gasteiger partial charge < -0.3 is 15.4 Å². The number of nitrogens with zero attached hydrogens (tertiary/aromatic N) is 1. The van der Waals surface area contributed by atoms with Crippen LogP contribution in [0.1, 0.15) is 43.2 Å². The third-order valence-corrected chi connectivity index (χ3v) is 4.93. The van der Waals surface area contributed by atoms with Crippen LogP contribution in [-0.4, -0.2) is 37.2 Å². The average Bonchev–Trinajstić information content (AvgIpc) is 3.18. The highest BCUT2D eigenvalue weighted by Gasteiger charge is 2.22. The summed E-state index contributed by atoms with van der Waals surface area (Å²) in [5.74, 6) is 1.09. The largest absolute Gasteiger partial charge is 0.493 e. The predicted molar refractivity (Wildman–Crippen MR) is 86.8 cm³/mol. The number of benzene rings is 1. The van der Waals surface area contributed by atoms with Crippen molar-refractivity contribution < 1.29 is 4.74 Å².